The van der Waals surface area contributed by atoms with Crippen LogP contribution in [0, 0.1) is 11.6 Å². The van der Waals surface area contributed by atoms with Gasteiger partial charge in [-0.15, -0.1) is 0 Å². The van der Waals surface area contributed by atoms with Gasteiger partial charge in [-0.25, -0.2) is 4.79 Å². The van der Waals surface area contributed by atoms with Crippen LogP contribution in [0.3, 0.4) is 0 Å². The molecule has 0 amide bonds. The number of furan rings is 1. The summed E-state index contributed by atoms with van der Waals surface area (Å²) in [5.74, 6) is 0.236. The third kappa shape index (κ3) is 0.898. The number of hydrogen-bond acceptors (Lipinski definition) is 2. The van der Waals surface area contributed by atoms with Gasteiger partial charge >= 0.3 is 5.24 Å². The molecule has 0 aromatic carbocycles. The Labute approximate surface area is 51.1 Å². The van der Waals surface area contributed by atoms with Gasteiger partial charge in [0.1, 0.15) is 0 Å². The number of hydrogen-bond donors (Lipinski definition) is 0. The molecular weight excluding hydrogens is 128 g/mol. The lowest BCUT2D eigenvalue weighted by Gasteiger charge is -1.70. The molecule has 0 aliphatic carbocycles. The summed E-state index contributed by atoms with van der Waals surface area (Å²) in [7, 11) is 0. The second kappa shape index (κ2) is 2.01. The monoisotopic (exact) mass is 131 g/mol. The molecule has 3 heteroatoms. The van der Waals surface area contributed by atoms with Crippen molar-refractivity contribution in [1.29, 1.82) is 0 Å². The Morgan fingerprint density at radius 1 is 1.75 bits per heavy atom. The van der Waals surface area contributed by atoms with E-state index in [-0.39, 0.29) is 5.76 Å². The van der Waals surface area contributed by atoms with Crippen LogP contribution >= 0.6 is 0 Å². The third-order valence-corrected chi connectivity index (χ3v) is 0.924. The fraction of sp³-hybridized carbons (Fsp3) is 0. The zero-order chi connectivity index (χ0) is 5.98. The summed E-state index contributed by atoms with van der Waals surface area (Å²) in [5.41, 5.74) is 0. The van der Waals surface area contributed by atoms with Crippen LogP contribution in [0.15, 0.2) is 22.8 Å². The van der Waals surface area contributed by atoms with Gasteiger partial charge in [0.25, 0.3) is 0 Å². The first kappa shape index (κ1) is 5.38. The second-order valence-corrected chi connectivity index (χ2v) is 1.64. The molecule has 0 atom stereocenters. The topological polar surface area (TPSA) is 30.2 Å². The van der Waals surface area contributed by atoms with Crippen LogP contribution in [-0.4, -0.2) is 5.24 Å². The highest BCUT2D eigenvalue weighted by atomic mass is 35.5. The van der Waals surface area contributed by atoms with Gasteiger partial charge in [-0.3, -0.25) is 0 Å². The molecule has 1 aromatic heterocycles. The molecule has 1 rings (SSSR count). The molecule has 0 radical (unpaired) electrons. The summed E-state index contributed by atoms with van der Waals surface area (Å²) in [5, 5.41) is -0.449. The predicted octanol–water partition coefficient (Wildman–Crippen LogP) is 0.701. The van der Waals surface area contributed by atoms with Crippen LogP contribution in [0.2, 0.25) is 0 Å². The van der Waals surface area contributed by atoms with Gasteiger partial charge in [-0.2, -0.15) is 0 Å². The highest BCUT2D eigenvalue weighted by Gasteiger charge is 2.11. The molecule has 0 aliphatic rings. The van der Waals surface area contributed by atoms with E-state index in [0.29, 0.717) is 0 Å². The van der Waals surface area contributed by atoms with E-state index in [1.165, 1.54) is 12.3 Å². The Balaban J connectivity index is 2.93. The number of halogens is 1. The van der Waals surface area contributed by atoms with Gasteiger partial charge < -0.3 is 4.42 Å². The molecule has 0 aliphatic heterocycles. The van der Waals surface area contributed by atoms with Gasteiger partial charge in [-0.05, 0) is 12.1 Å². The summed E-state index contributed by atoms with van der Waals surface area (Å²) in [6.45, 7) is 0. The number of carbonyl (C=O) groups excluding carboxylic acids is 1. The van der Waals surface area contributed by atoms with Crippen molar-refractivity contribution in [2.45, 2.75) is 0 Å². The molecule has 8 heavy (non-hydrogen) atoms. The summed E-state index contributed by atoms with van der Waals surface area (Å²) >= 11 is 4.27. The van der Waals surface area contributed by atoms with Crippen molar-refractivity contribution in [2.24, 2.45) is 0 Å². The highest BCUT2D eigenvalue weighted by Crippen LogP contribution is 1.98. The van der Waals surface area contributed by atoms with Gasteiger partial charge in [0.05, 0.1) is 6.26 Å². The van der Waals surface area contributed by atoms with Crippen molar-refractivity contribution in [3.05, 3.63) is 24.2 Å². The van der Waals surface area contributed by atoms with Crippen molar-refractivity contribution < 1.29 is 20.8 Å². The predicted molar refractivity (Wildman–Crippen MR) is 24.4 cm³/mol. The van der Waals surface area contributed by atoms with Crippen LogP contribution in [0.4, 0.5) is 0 Å². The normalized spacial score (nSPS) is 9.12. The second-order valence-electron chi connectivity index (χ2n) is 1.26. The molecule has 42 valence electrons. The average molecular weight is 132 g/mol. The molecule has 0 saturated carbocycles. The molecule has 1 aromatic rings. The zero-order valence-corrected chi connectivity index (χ0v) is 4.77. The Hall–Kier alpha value is -0.760. The summed E-state index contributed by atoms with van der Waals surface area (Å²) in [6.07, 6.45) is 1.42. The Bertz CT molecular complexity index is 178. The van der Waals surface area contributed by atoms with Crippen molar-refractivity contribution in [2.75, 3.05) is 0 Å². The van der Waals surface area contributed by atoms with Crippen molar-refractivity contribution >= 4 is 5.24 Å². The molecular formula is C5H4ClO2+. The third-order valence-electron chi connectivity index (χ3n) is 0.722. The molecule has 2 nitrogen and oxygen atoms in total. The van der Waals surface area contributed by atoms with Crippen LogP contribution < -0.4 is 0 Å². The maximum atomic E-state index is 10.2. The Morgan fingerprint density at radius 3 is 2.75 bits per heavy atom. The lowest BCUT2D eigenvalue weighted by Crippen LogP contribution is -1.86. The zero-order valence-electron chi connectivity index (χ0n) is 3.96. The molecule has 0 saturated heterocycles. The largest absolute Gasteiger partial charge is 0.465 e. The van der Waals surface area contributed by atoms with E-state index in [1.807, 2.05) is 0 Å². The minimum atomic E-state index is -0.449. The maximum absolute atomic E-state index is 10.2. The van der Waals surface area contributed by atoms with Gasteiger partial charge in [0.2, 0.25) is 17.4 Å². The Morgan fingerprint density at radius 2 is 2.50 bits per heavy atom. The van der Waals surface area contributed by atoms with Gasteiger partial charge in [0.15, 0.2) is 0 Å². The van der Waals surface area contributed by atoms with Crippen LogP contribution in [0.25, 0.3) is 0 Å². The van der Waals surface area contributed by atoms with E-state index in [9.17, 15) is 4.79 Å². The van der Waals surface area contributed by atoms with Crippen LogP contribution in [0.5, 0.6) is 0 Å². The fourth-order valence-corrected chi connectivity index (χ4v) is 0.511. The van der Waals surface area contributed by atoms with Crippen molar-refractivity contribution in [3.8, 4) is 0 Å². The molecule has 0 unspecified atom stereocenters. The molecule has 0 fully saturated rings. The van der Waals surface area contributed by atoms with E-state index in [1.54, 1.807) is 6.07 Å². The maximum Gasteiger partial charge on any atom is 0.465 e. The first-order chi connectivity index (χ1) is 3.80. The minimum absolute atomic E-state index is 0.236. The molecule has 1 heterocycles. The Kier molecular flexibility index (Phi) is 1.35. The molecule has 0 spiro atoms. The van der Waals surface area contributed by atoms with E-state index in [0.717, 1.165) is 0 Å². The number of rotatable bonds is 1. The number of carbonyl (C=O) groups is 1. The van der Waals surface area contributed by atoms with Gasteiger partial charge in [-0.1, -0.05) is 0 Å². The quantitative estimate of drug-likeness (QED) is 0.526. The summed E-state index contributed by atoms with van der Waals surface area (Å²) < 4.78 is 4.64. The lowest BCUT2D eigenvalue weighted by molar-refractivity contribution is -0.257. The molecule has 0 bridgehead atoms. The van der Waals surface area contributed by atoms with E-state index in [4.69, 9.17) is 0 Å². The van der Waals surface area contributed by atoms with Gasteiger partial charge in [0, 0.05) is 0 Å². The smallest absolute Gasteiger partial charge is 0.455 e. The van der Waals surface area contributed by atoms with Crippen LogP contribution in [-0.2, 0) is 0 Å². The first-order valence-electron chi connectivity index (χ1n) is 2.05. The highest BCUT2D eigenvalue weighted by molar-refractivity contribution is 5.82. The summed E-state index contributed by atoms with van der Waals surface area (Å²) in [4.78, 5) is 10.2. The minimum Gasteiger partial charge on any atom is -0.455 e. The first-order valence-corrected chi connectivity index (χ1v) is 2.46. The van der Waals surface area contributed by atoms with E-state index in [2.05, 4.69) is 16.0 Å². The fourth-order valence-electron chi connectivity index (χ4n) is 0.395. The van der Waals surface area contributed by atoms with Crippen molar-refractivity contribution in [1.82, 2.24) is 0 Å². The van der Waals surface area contributed by atoms with E-state index < -0.39 is 5.24 Å². The lowest BCUT2D eigenvalue weighted by atomic mass is 10.5. The standard InChI is InChI=1S/C5H4ClO2/c6-5(7)4-2-1-3-8-4/h1-3,6H/q+1. The van der Waals surface area contributed by atoms with Crippen molar-refractivity contribution in [3.63, 3.8) is 0 Å². The summed E-state index contributed by atoms with van der Waals surface area (Å²) in [6, 6.07) is 3.16. The van der Waals surface area contributed by atoms with Crippen LogP contribution in [0.1, 0.15) is 10.6 Å². The average Bonchev–Trinajstić information content (AvgIpc) is 2.12. The molecule has 0 N–H and O–H groups in total. The SMILES string of the molecule is O=C([ClH+])c1ccco1. The van der Waals surface area contributed by atoms with E-state index >= 15 is 0 Å².